The highest BCUT2D eigenvalue weighted by atomic mass is 19.4. The maximum atomic E-state index is 14.2. The van der Waals surface area contributed by atoms with E-state index in [0.717, 1.165) is 30.8 Å². The molecule has 2 atom stereocenters. The van der Waals surface area contributed by atoms with Crippen LogP contribution in [-0.4, -0.2) is 73.4 Å². The van der Waals surface area contributed by atoms with Crippen molar-refractivity contribution >= 4 is 17.2 Å². The van der Waals surface area contributed by atoms with Gasteiger partial charge in [0.15, 0.2) is 11.4 Å². The van der Waals surface area contributed by atoms with E-state index in [0.29, 0.717) is 56.9 Å². The van der Waals surface area contributed by atoms with Crippen LogP contribution in [-0.2, 0) is 10.9 Å². The normalized spacial score (nSPS) is 25.2. The molecule has 0 aromatic carbocycles. The zero-order valence-corrected chi connectivity index (χ0v) is 19.6. The quantitative estimate of drug-likeness (QED) is 0.679. The van der Waals surface area contributed by atoms with Crippen LogP contribution in [0.1, 0.15) is 42.3 Å². The first-order valence-electron chi connectivity index (χ1n) is 12.2. The Morgan fingerprint density at radius 2 is 1.97 bits per heavy atom. The van der Waals surface area contributed by atoms with E-state index in [1.54, 1.807) is 19.2 Å². The molecule has 4 aliphatic rings. The van der Waals surface area contributed by atoms with Gasteiger partial charge in [-0.1, -0.05) is 0 Å². The molecule has 2 aromatic rings. The van der Waals surface area contributed by atoms with Gasteiger partial charge in [0.25, 0.3) is 0 Å². The van der Waals surface area contributed by atoms with Crippen molar-refractivity contribution in [2.24, 2.45) is 0 Å². The number of pyridine rings is 2. The Balaban J connectivity index is 1.35. The topological polar surface area (TPSA) is 74.8 Å². The lowest BCUT2D eigenvalue weighted by Crippen LogP contribution is -2.51. The molecular weight excluding hydrogens is 461 g/mol. The zero-order valence-electron chi connectivity index (χ0n) is 19.6. The second kappa shape index (κ2) is 8.79. The van der Waals surface area contributed by atoms with Gasteiger partial charge in [0.1, 0.15) is 11.9 Å². The van der Waals surface area contributed by atoms with Crippen molar-refractivity contribution in [1.29, 1.82) is 0 Å². The third kappa shape index (κ3) is 4.19. The van der Waals surface area contributed by atoms with Gasteiger partial charge in [0.2, 0.25) is 0 Å². The lowest BCUT2D eigenvalue weighted by atomic mass is 9.92. The monoisotopic (exact) mass is 490 g/mol. The van der Waals surface area contributed by atoms with E-state index >= 15 is 0 Å². The van der Waals surface area contributed by atoms with Crippen LogP contribution in [0, 0.1) is 0 Å². The highest BCUT2D eigenvalue weighted by Gasteiger charge is 2.43. The van der Waals surface area contributed by atoms with E-state index in [1.807, 2.05) is 6.07 Å². The molecule has 3 fully saturated rings. The summed E-state index contributed by atoms with van der Waals surface area (Å²) in [5.41, 5.74) is 1.36. The number of hydrogen-bond donors (Lipinski definition) is 2. The molecule has 35 heavy (non-hydrogen) atoms. The van der Waals surface area contributed by atoms with Crippen LogP contribution in [0.15, 0.2) is 18.3 Å². The van der Waals surface area contributed by atoms with Gasteiger partial charge in [-0.2, -0.15) is 13.2 Å². The number of nitrogens with zero attached hydrogens (tertiary/aromatic N) is 4. The Labute approximate surface area is 201 Å². The number of halogens is 3. The Kier molecular flexibility index (Phi) is 5.73. The minimum Gasteiger partial charge on any atom is -0.481 e. The Hall–Kier alpha value is -2.63. The van der Waals surface area contributed by atoms with Crippen molar-refractivity contribution in [3.05, 3.63) is 35.3 Å². The van der Waals surface area contributed by atoms with Crippen molar-refractivity contribution in [2.75, 3.05) is 62.7 Å². The van der Waals surface area contributed by atoms with E-state index < -0.39 is 18.0 Å². The summed E-state index contributed by atoms with van der Waals surface area (Å²) in [5, 5.41) is 6.52. The average Bonchev–Trinajstić information content (AvgIpc) is 3.28. The summed E-state index contributed by atoms with van der Waals surface area (Å²) in [5.74, 6) is 0.199. The van der Waals surface area contributed by atoms with E-state index in [4.69, 9.17) is 9.47 Å². The zero-order chi connectivity index (χ0) is 24.2. The number of anilines is 3. The summed E-state index contributed by atoms with van der Waals surface area (Å²) in [6, 6.07) is 4.05. The third-order valence-corrected chi connectivity index (χ3v) is 7.41. The fraction of sp³-hybridized carbons (Fsp3) is 0.583. The maximum absolute atomic E-state index is 14.2. The summed E-state index contributed by atoms with van der Waals surface area (Å²) in [4.78, 5) is 13.1. The first kappa shape index (κ1) is 22.8. The summed E-state index contributed by atoms with van der Waals surface area (Å²) in [7, 11) is 0. The molecule has 2 aromatic heterocycles. The molecule has 6 heterocycles. The van der Waals surface area contributed by atoms with Crippen LogP contribution in [0.5, 0.6) is 5.75 Å². The van der Waals surface area contributed by atoms with Gasteiger partial charge in [-0.15, -0.1) is 0 Å². The molecular formula is C24H29F3N6O2. The maximum Gasteiger partial charge on any atom is 0.437 e. The minimum absolute atomic E-state index is 0.0448. The molecule has 2 N–H and O–H groups in total. The van der Waals surface area contributed by atoms with Crippen LogP contribution in [0.2, 0.25) is 0 Å². The van der Waals surface area contributed by atoms with Gasteiger partial charge < -0.3 is 25.0 Å². The SMILES string of the molecule is C[C@@H]1Oc2c(cc(C3CN([C@@H]4CCNC4)C3)nc2C(F)(F)F)Nc2nccc(N3CCOCC3)c21. The molecule has 0 spiro atoms. The fourth-order valence-electron chi connectivity index (χ4n) is 5.52. The molecule has 0 aliphatic carbocycles. The van der Waals surface area contributed by atoms with Crippen molar-refractivity contribution in [3.8, 4) is 5.75 Å². The molecule has 3 saturated heterocycles. The summed E-state index contributed by atoms with van der Waals surface area (Å²) in [6.07, 6.45) is -2.54. The average molecular weight is 491 g/mol. The Bertz CT molecular complexity index is 1100. The van der Waals surface area contributed by atoms with Gasteiger partial charge in [-0.05, 0) is 32.0 Å². The number of rotatable bonds is 3. The second-order valence-corrected chi connectivity index (χ2v) is 9.64. The largest absolute Gasteiger partial charge is 0.481 e. The summed E-state index contributed by atoms with van der Waals surface area (Å²) in [6.45, 7) is 7.69. The van der Waals surface area contributed by atoms with E-state index in [9.17, 15) is 13.2 Å². The Morgan fingerprint density at radius 3 is 2.69 bits per heavy atom. The van der Waals surface area contributed by atoms with E-state index in [2.05, 4.69) is 30.4 Å². The summed E-state index contributed by atoms with van der Waals surface area (Å²) >= 11 is 0. The number of hydrogen-bond acceptors (Lipinski definition) is 8. The molecule has 11 heteroatoms. The molecule has 0 unspecified atom stereocenters. The van der Waals surface area contributed by atoms with Gasteiger partial charge >= 0.3 is 6.18 Å². The van der Waals surface area contributed by atoms with Crippen LogP contribution < -0.4 is 20.3 Å². The molecule has 0 amide bonds. The Morgan fingerprint density at radius 1 is 1.17 bits per heavy atom. The van der Waals surface area contributed by atoms with Crippen LogP contribution in [0.3, 0.4) is 0 Å². The second-order valence-electron chi connectivity index (χ2n) is 9.64. The van der Waals surface area contributed by atoms with Crippen LogP contribution in [0.4, 0.5) is 30.4 Å². The van der Waals surface area contributed by atoms with Gasteiger partial charge in [-0.3, -0.25) is 4.90 Å². The molecule has 0 bridgehead atoms. The van der Waals surface area contributed by atoms with Crippen LogP contribution in [0.25, 0.3) is 0 Å². The highest BCUT2D eigenvalue weighted by molar-refractivity contribution is 5.75. The summed E-state index contributed by atoms with van der Waals surface area (Å²) < 4.78 is 54.1. The first-order chi connectivity index (χ1) is 16.9. The van der Waals surface area contributed by atoms with Crippen molar-refractivity contribution in [2.45, 2.75) is 37.6 Å². The molecule has 6 rings (SSSR count). The van der Waals surface area contributed by atoms with Gasteiger partial charge in [0.05, 0.1) is 24.5 Å². The van der Waals surface area contributed by atoms with Crippen molar-refractivity contribution in [3.63, 3.8) is 0 Å². The third-order valence-electron chi connectivity index (χ3n) is 7.41. The minimum atomic E-state index is -4.64. The molecule has 188 valence electrons. The number of aromatic nitrogens is 2. The number of alkyl halides is 3. The molecule has 0 saturated carbocycles. The first-order valence-corrected chi connectivity index (χ1v) is 12.2. The van der Waals surface area contributed by atoms with Gasteiger partial charge in [0, 0.05) is 62.3 Å². The highest BCUT2D eigenvalue weighted by Crippen LogP contribution is 2.48. The number of likely N-dealkylation sites (tertiary alicyclic amines) is 1. The van der Waals surface area contributed by atoms with Crippen molar-refractivity contribution in [1.82, 2.24) is 20.2 Å². The number of fused-ring (bicyclic) bond motifs is 2. The van der Waals surface area contributed by atoms with Gasteiger partial charge in [-0.25, -0.2) is 9.97 Å². The standard InChI is InChI=1S/C24H29F3N6O2/c1-14-20-19(32-6-8-34-9-7-32)3-5-29-23(20)31-18-10-17(30-22(21(18)35-14)24(25,26)27)15-12-33(13-15)16-2-4-28-11-16/h3,5,10,14-16,28H,2,4,6-9,11-13H2,1H3,(H,29,31)/t14-,16+/m0/s1. The number of ether oxygens (including phenoxy) is 2. The number of nitrogens with one attached hydrogen (secondary N) is 2. The predicted octanol–water partition coefficient (Wildman–Crippen LogP) is 3.29. The lowest BCUT2D eigenvalue weighted by molar-refractivity contribution is -0.143. The van der Waals surface area contributed by atoms with E-state index in [1.165, 1.54) is 0 Å². The molecule has 4 aliphatic heterocycles. The fourth-order valence-corrected chi connectivity index (χ4v) is 5.52. The molecule has 8 nitrogen and oxygen atoms in total. The lowest BCUT2D eigenvalue weighted by Gasteiger charge is -2.43. The van der Waals surface area contributed by atoms with E-state index in [-0.39, 0.29) is 17.4 Å². The van der Waals surface area contributed by atoms with Crippen LogP contribution >= 0.6 is 0 Å². The smallest absolute Gasteiger partial charge is 0.437 e. The molecule has 0 radical (unpaired) electrons. The van der Waals surface area contributed by atoms with Crippen molar-refractivity contribution < 1.29 is 22.6 Å². The predicted molar refractivity (Wildman–Crippen MR) is 124 cm³/mol. The number of morpholine rings is 1.